The molecule has 1 aliphatic heterocycles. The fourth-order valence-electron chi connectivity index (χ4n) is 2.16. The average Bonchev–Trinajstić information content (AvgIpc) is 2.64. The Morgan fingerprint density at radius 1 is 1.39 bits per heavy atom. The van der Waals surface area contributed by atoms with E-state index in [0.717, 1.165) is 32.2 Å². The molecular formula is C13H14BrClFNO. The lowest BCUT2D eigenvalue weighted by atomic mass is 10.00. The highest BCUT2D eigenvalue weighted by Gasteiger charge is 2.24. The molecule has 18 heavy (non-hydrogen) atoms. The number of carbonyl (C=O) groups excluding carboxylic acids is 1. The molecule has 1 fully saturated rings. The first-order valence-electron chi connectivity index (χ1n) is 6.02. The summed E-state index contributed by atoms with van der Waals surface area (Å²) in [7, 11) is 0. The molecule has 1 aliphatic rings. The van der Waals surface area contributed by atoms with E-state index < -0.39 is 5.82 Å². The van der Waals surface area contributed by atoms with Crippen LogP contribution < -0.4 is 5.32 Å². The standard InChI is InChI=1S/C13H14BrClFNO/c14-9-6-5-8(12(16)11(9)15)13(18)10-4-2-1-3-7-17-10/h5-6,10,17H,1-4,7H2. The monoisotopic (exact) mass is 333 g/mol. The molecule has 0 saturated carbocycles. The molecule has 5 heteroatoms. The van der Waals surface area contributed by atoms with E-state index in [0.29, 0.717) is 4.47 Å². The minimum absolute atomic E-state index is 0.0329. The van der Waals surface area contributed by atoms with Gasteiger partial charge in [0.15, 0.2) is 11.6 Å². The van der Waals surface area contributed by atoms with Crippen LogP contribution in [0.25, 0.3) is 0 Å². The Morgan fingerprint density at radius 3 is 2.94 bits per heavy atom. The lowest BCUT2D eigenvalue weighted by Gasteiger charge is -2.15. The number of rotatable bonds is 2. The topological polar surface area (TPSA) is 29.1 Å². The van der Waals surface area contributed by atoms with Crippen molar-refractivity contribution in [2.24, 2.45) is 0 Å². The maximum absolute atomic E-state index is 14.0. The highest BCUT2D eigenvalue weighted by molar-refractivity contribution is 9.10. The maximum atomic E-state index is 14.0. The predicted molar refractivity (Wildman–Crippen MR) is 73.7 cm³/mol. The van der Waals surface area contributed by atoms with Gasteiger partial charge in [0.25, 0.3) is 0 Å². The molecule has 1 atom stereocenters. The summed E-state index contributed by atoms with van der Waals surface area (Å²) >= 11 is 8.94. The molecule has 1 unspecified atom stereocenters. The van der Waals surface area contributed by atoms with Crippen molar-refractivity contribution in [3.63, 3.8) is 0 Å². The van der Waals surface area contributed by atoms with Gasteiger partial charge in [-0.15, -0.1) is 0 Å². The lowest BCUT2D eigenvalue weighted by Crippen LogP contribution is -2.36. The number of ketones is 1. The number of hydrogen-bond acceptors (Lipinski definition) is 2. The average molecular weight is 335 g/mol. The van der Waals surface area contributed by atoms with E-state index in [1.54, 1.807) is 6.07 Å². The Hall–Kier alpha value is -0.450. The van der Waals surface area contributed by atoms with Gasteiger partial charge in [-0.1, -0.05) is 24.4 Å². The molecule has 1 heterocycles. The van der Waals surface area contributed by atoms with Gasteiger partial charge in [-0.05, 0) is 47.4 Å². The Morgan fingerprint density at radius 2 is 2.17 bits per heavy atom. The zero-order valence-corrected chi connectivity index (χ0v) is 12.2. The fourth-order valence-corrected chi connectivity index (χ4v) is 2.63. The van der Waals surface area contributed by atoms with E-state index >= 15 is 0 Å². The summed E-state index contributed by atoms with van der Waals surface area (Å²) in [4.78, 5) is 12.3. The molecule has 0 bridgehead atoms. The normalized spacial score (nSPS) is 20.5. The molecule has 98 valence electrons. The molecule has 2 rings (SSSR count). The second-order valence-electron chi connectivity index (χ2n) is 4.44. The van der Waals surface area contributed by atoms with Crippen LogP contribution in [0.15, 0.2) is 16.6 Å². The summed E-state index contributed by atoms with van der Waals surface area (Å²) in [6, 6.07) is 2.80. The summed E-state index contributed by atoms with van der Waals surface area (Å²) in [5, 5.41) is 3.14. The van der Waals surface area contributed by atoms with Crippen molar-refractivity contribution < 1.29 is 9.18 Å². The molecule has 2 nitrogen and oxygen atoms in total. The molecule has 0 spiro atoms. The second kappa shape index (κ2) is 6.13. The minimum atomic E-state index is -0.637. The van der Waals surface area contributed by atoms with E-state index in [1.807, 2.05) is 0 Å². The molecule has 1 aromatic rings. The number of nitrogens with one attached hydrogen (secondary N) is 1. The van der Waals surface area contributed by atoms with Gasteiger partial charge >= 0.3 is 0 Å². The number of benzene rings is 1. The highest BCUT2D eigenvalue weighted by Crippen LogP contribution is 2.28. The first-order valence-corrected chi connectivity index (χ1v) is 7.19. The quantitative estimate of drug-likeness (QED) is 0.655. The number of halogens is 3. The van der Waals surface area contributed by atoms with Gasteiger partial charge in [0, 0.05) is 4.47 Å². The van der Waals surface area contributed by atoms with Gasteiger partial charge < -0.3 is 5.32 Å². The number of hydrogen-bond donors (Lipinski definition) is 1. The summed E-state index contributed by atoms with van der Waals surface area (Å²) in [5.74, 6) is -0.842. The van der Waals surface area contributed by atoms with E-state index in [4.69, 9.17) is 11.6 Å². The predicted octanol–water partition coefficient (Wildman–Crippen LogP) is 3.96. The molecule has 0 aliphatic carbocycles. The molecule has 1 saturated heterocycles. The van der Waals surface area contributed by atoms with Crippen molar-refractivity contribution in [2.75, 3.05) is 6.54 Å². The van der Waals surface area contributed by atoms with Gasteiger partial charge in [-0.3, -0.25) is 4.79 Å². The first-order chi connectivity index (χ1) is 8.61. The minimum Gasteiger partial charge on any atom is -0.307 e. The van der Waals surface area contributed by atoms with Gasteiger partial charge in [0.2, 0.25) is 0 Å². The van der Waals surface area contributed by atoms with Gasteiger partial charge in [-0.25, -0.2) is 4.39 Å². The SMILES string of the molecule is O=C(c1ccc(Br)c(Cl)c1F)C1CCCCCN1. The molecule has 0 amide bonds. The van der Waals surface area contributed by atoms with Crippen LogP contribution in [0.5, 0.6) is 0 Å². The van der Waals surface area contributed by atoms with Crippen LogP contribution in [0.4, 0.5) is 4.39 Å². The first kappa shape index (κ1) is 14.0. The van der Waals surface area contributed by atoms with E-state index in [-0.39, 0.29) is 22.4 Å². The highest BCUT2D eigenvalue weighted by atomic mass is 79.9. The summed E-state index contributed by atoms with van der Waals surface area (Å²) in [5.41, 5.74) is 0.0719. The summed E-state index contributed by atoms with van der Waals surface area (Å²) in [6.07, 6.45) is 3.93. The zero-order chi connectivity index (χ0) is 13.1. The van der Waals surface area contributed by atoms with Crippen molar-refractivity contribution in [3.05, 3.63) is 33.0 Å². The second-order valence-corrected chi connectivity index (χ2v) is 5.68. The smallest absolute Gasteiger partial charge is 0.182 e. The van der Waals surface area contributed by atoms with Crippen molar-refractivity contribution in [1.82, 2.24) is 5.32 Å². The van der Waals surface area contributed by atoms with Crippen molar-refractivity contribution in [2.45, 2.75) is 31.7 Å². The van der Waals surface area contributed by atoms with Crippen LogP contribution in [0.2, 0.25) is 5.02 Å². The fraction of sp³-hybridized carbons (Fsp3) is 0.462. The molecule has 1 aromatic carbocycles. The Balaban J connectivity index is 2.25. The third-order valence-electron chi connectivity index (χ3n) is 3.18. The number of carbonyl (C=O) groups is 1. The van der Waals surface area contributed by atoms with Crippen molar-refractivity contribution >= 4 is 33.3 Å². The van der Waals surface area contributed by atoms with Gasteiger partial charge in [0.05, 0.1) is 16.6 Å². The Bertz CT molecular complexity index is 459. The maximum Gasteiger partial charge on any atom is 0.182 e. The molecule has 1 N–H and O–H groups in total. The van der Waals surface area contributed by atoms with E-state index in [9.17, 15) is 9.18 Å². The third kappa shape index (κ3) is 2.92. The molecule has 0 radical (unpaired) electrons. The largest absolute Gasteiger partial charge is 0.307 e. The van der Waals surface area contributed by atoms with Gasteiger partial charge in [-0.2, -0.15) is 0 Å². The van der Waals surface area contributed by atoms with Crippen LogP contribution in [0.1, 0.15) is 36.0 Å². The van der Waals surface area contributed by atoms with Crippen LogP contribution >= 0.6 is 27.5 Å². The molecular weight excluding hydrogens is 321 g/mol. The summed E-state index contributed by atoms with van der Waals surface area (Å²) < 4.78 is 14.4. The van der Waals surface area contributed by atoms with Gasteiger partial charge in [0.1, 0.15) is 0 Å². The van der Waals surface area contributed by atoms with Crippen molar-refractivity contribution in [3.8, 4) is 0 Å². The van der Waals surface area contributed by atoms with E-state index in [1.165, 1.54) is 6.07 Å². The van der Waals surface area contributed by atoms with E-state index in [2.05, 4.69) is 21.2 Å². The van der Waals surface area contributed by atoms with Crippen molar-refractivity contribution in [1.29, 1.82) is 0 Å². The van der Waals surface area contributed by atoms with Crippen LogP contribution in [0.3, 0.4) is 0 Å². The number of Topliss-reactive ketones (excluding diaryl/α,β-unsaturated/α-hetero) is 1. The zero-order valence-electron chi connectivity index (χ0n) is 9.81. The van der Waals surface area contributed by atoms with Crippen LogP contribution in [-0.2, 0) is 0 Å². The third-order valence-corrected chi connectivity index (χ3v) is 4.44. The van der Waals surface area contributed by atoms with Crippen LogP contribution in [-0.4, -0.2) is 18.4 Å². The van der Waals surface area contributed by atoms with Crippen LogP contribution in [0, 0.1) is 5.82 Å². The Kier molecular flexibility index (Phi) is 4.76. The Labute approximate surface area is 119 Å². The summed E-state index contributed by atoms with van der Waals surface area (Å²) in [6.45, 7) is 0.808. The molecule has 0 aromatic heterocycles. The lowest BCUT2D eigenvalue weighted by molar-refractivity contribution is 0.0936.